The summed E-state index contributed by atoms with van der Waals surface area (Å²) in [5.74, 6) is 0. The minimum Gasteiger partial charge on any atom is -0.393 e. The fourth-order valence-electron chi connectivity index (χ4n) is 3.03. The zero-order valence-electron chi connectivity index (χ0n) is 10.6. The Labute approximate surface area is 99.4 Å². The van der Waals surface area contributed by atoms with Gasteiger partial charge in [-0.25, -0.2) is 0 Å². The molecule has 2 aliphatic rings. The van der Waals surface area contributed by atoms with E-state index in [4.69, 9.17) is 0 Å². The van der Waals surface area contributed by atoms with Crippen LogP contribution in [0.25, 0.3) is 0 Å². The van der Waals surface area contributed by atoms with Gasteiger partial charge in [0.05, 0.1) is 6.10 Å². The molecule has 2 heterocycles. The largest absolute Gasteiger partial charge is 0.393 e. The molecule has 2 saturated heterocycles. The molecule has 0 amide bonds. The first kappa shape index (κ1) is 12.3. The second-order valence-electron chi connectivity index (χ2n) is 5.48. The number of aliphatic hydroxyl groups excluding tert-OH is 1. The topological polar surface area (TPSA) is 26.7 Å². The number of hydrogen-bond acceptors (Lipinski definition) is 3. The van der Waals surface area contributed by atoms with Crippen molar-refractivity contribution in [1.82, 2.24) is 9.80 Å². The van der Waals surface area contributed by atoms with E-state index in [1.807, 2.05) is 6.92 Å². The monoisotopic (exact) mass is 226 g/mol. The van der Waals surface area contributed by atoms with E-state index in [0.29, 0.717) is 0 Å². The summed E-state index contributed by atoms with van der Waals surface area (Å²) in [4.78, 5) is 5.27. The van der Waals surface area contributed by atoms with Gasteiger partial charge >= 0.3 is 0 Å². The number of fused-ring (bicyclic) bond motifs is 1. The van der Waals surface area contributed by atoms with Crippen molar-refractivity contribution in [3.63, 3.8) is 0 Å². The molecule has 0 radical (unpaired) electrons. The van der Waals surface area contributed by atoms with E-state index < -0.39 is 0 Å². The maximum atomic E-state index is 9.24. The third kappa shape index (κ3) is 3.44. The van der Waals surface area contributed by atoms with Crippen LogP contribution in [0, 0.1) is 0 Å². The summed E-state index contributed by atoms with van der Waals surface area (Å²) in [5, 5.41) is 9.24. The molecule has 1 N–H and O–H groups in total. The van der Waals surface area contributed by atoms with Gasteiger partial charge in [0.15, 0.2) is 0 Å². The number of piperidine rings is 1. The molecule has 94 valence electrons. The van der Waals surface area contributed by atoms with Gasteiger partial charge in [-0.05, 0) is 45.7 Å². The number of nitrogens with zero attached hydrogens (tertiary/aromatic N) is 2. The van der Waals surface area contributed by atoms with Crippen LogP contribution in [-0.2, 0) is 0 Å². The Morgan fingerprint density at radius 2 is 2.12 bits per heavy atom. The lowest BCUT2D eigenvalue weighted by Crippen LogP contribution is -2.54. The van der Waals surface area contributed by atoms with Crippen molar-refractivity contribution in [3.8, 4) is 0 Å². The normalized spacial score (nSPS) is 30.0. The molecule has 2 rings (SSSR count). The van der Waals surface area contributed by atoms with Crippen LogP contribution in [0.15, 0.2) is 0 Å². The molecular weight excluding hydrogens is 200 g/mol. The van der Waals surface area contributed by atoms with Gasteiger partial charge in [0.2, 0.25) is 0 Å². The van der Waals surface area contributed by atoms with E-state index in [-0.39, 0.29) is 6.10 Å². The highest BCUT2D eigenvalue weighted by molar-refractivity contribution is 4.84. The molecule has 3 nitrogen and oxygen atoms in total. The summed E-state index contributed by atoms with van der Waals surface area (Å²) in [5.41, 5.74) is 0. The van der Waals surface area contributed by atoms with Crippen LogP contribution < -0.4 is 0 Å². The molecule has 0 aromatic rings. The SMILES string of the molecule is CC(O)CCCN1CCN2CCCCC2C1. The molecule has 0 bridgehead atoms. The lowest BCUT2D eigenvalue weighted by Gasteiger charge is -2.44. The summed E-state index contributed by atoms with van der Waals surface area (Å²) in [7, 11) is 0. The minimum atomic E-state index is -0.129. The zero-order valence-corrected chi connectivity index (χ0v) is 10.6. The number of rotatable bonds is 4. The Morgan fingerprint density at radius 1 is 1.25 bits per heavy atom. The maximum absolute atomic E-state index is 9.24. The van der Waals surface area contributed by atoms with Crippen LogP contribution in [0.2, 0.25) is 0 Å². The van der Waals surface area contributed by atoms with Crippen LogP contribution in [-0.4, -0.2) is 59.8 Å². The van der Waals surface area contributed by atoms with Gasteiger partial charge in [0.25, 0.3) is 0 Å². The summed E-state index contributed by atoms with van der Waals surface area (Å²) < 4.78 is 0. The van der Waals surface area contributed by atoms with Gasteiger partial charge in [-0.2, -0.15) is 0 Å². The lowest BCUT2D eigenvalue weighted by atomic mass is 9.99. The summed E-state index contributed by atoms with van der Waals surface area (Å²) in [6, 6.07) is 0.828. The van der Waals surface area contributed by atoms with Gasteiger partial charge < -0.3 is 10.0 Å². The second kappa shape index (κ2) is 5.99. The van der Waals surface area contributed by atoms with Gasteiger partial charge in [-0.3, -0.25) is 4.90 Å². The maximum Gasteiger partial charge on any atom is 0.0512 e. The quantitative estimate of drug-likeness (QED) is 0.783. The Balaban J connectivity index is 1.68. The van der Waals surface area contributed by atoms with Crippen molar-refractivity contribution >= 4 is 0 Å². The molecule has 2 atom stereocenters. The molecule has 0 spiro atoms. The van der Waals surface area contributed by atoms with Crippen molar-refractivity contribution in [2.45, 2.75) is 51.2 Å². The molecule has 2 unspecified atom stereocenters. The van der Waals surface area contributed by atoms with Crippen molar-refractivity contribution in [2.75, 3.05) is 32.7 Å². The van der Waals surface area contributed by atoms with Gasteiger partial charge in [-0.15, -0.1) is 0 Å². The third-order valence-electron chi connectivity index (χ3n) is 4.02. The fraction of sp³-hybridized carbons (Fsp3) is 1.00. The van der Waals surface area contributed by atoms with Crippen molar-refractivity contribution in [1.29, 1.82) is 0 Å². The van der Waals surface area contributed by atoms with Crippen molar-refractivity contribution in [2.24, 2.45) is 0 Å². The summed E-state index contributed by atoms with van der Waals surface area (Å²) in [6.07, 6.45) is 6.18. The van der Waals surface area contributed by atoms with Crippen LogP contribution in [0.4, 0.5) is 0 Å². The van der Waals surface area contributed by atoms with Gasteiger partial charge in [0.1, 0.15) is 0 Å². The highest BCUT2D eigenvalue weighted by Crippen LogP contribution is 2.21. The standard InChI is InChI=1S/C13H26N2O/c1-12(16)5-4-7-14-9-10-15-8-3-2-6-13(15)11-14/h12-13,16H,2-11H2,1H3. The highest BCUT2D eigenvalue weighted by Gasteiger charge is 2.28. The fourth-order valence-corrected chi connectivity index (χ4v) is 3.03. The van der Waals surface area contributed by atoms with Gasteiger partial charge in [0, 0.05) is 25.7 Å². The van der Waals surface area contributed by atoms with Crippen LogP contribution >= 0.6 is 0 Å². The molecule has 3 heteroatoms. The first-order valence-electron chi connectivity index (χ1n) is 6.90. The molecule has 0 saturated carbocycles. The Morgan fingerprint density at radius 3 is 2.94 bits per heavy atom. The van der Waals surface area contributed by atoms with Crippen LogP contribution in [0.1, 0.15) is 39.0 Å². The summed E-state index contributed by atoms with van der Waals surface area (Å²) in [6.45, 7) is 8.15. The minimum absolute atomic E-state index is 0.129. The van der Waals surface area contributed by atoms with E-state index in [0.717, 1.165) is 18.9 Å². The average Bonchev–Trinajstić information content (AvgIpc) is 2.28. The molecule has 2 aliphatic heterocycles. The summed E-state index contributed by atoms with van der Waals surface area (Å²) >= 11 is 0. The Hall–Kier alpha value is -0.120. The Kier molecular flexibility index (Phi) is 4.62. The molecule has 0 aromatic heterocycles. The number of piperazine rings is 1. The Bertz CT molecular complexity index is 208. The first-order valence-corrected chi connectivity index (χ1v) is 6.90. The highest BCUT2D eigenvalue weighted by atomic mass is 16.3. The van der Waals surface area contributed by atoms with Crippen LogP contribution in [0.3, 0.4) is 0 Å². The number of aliphatic hydroxyl groups is 1. The predicted octanol–water partition coefficient (Wildman–Crippen LogP) is 1.32. The first-order chi connectivity index (χ1) is 7.75. The zero-order chi connectivity index (χ0) is 11.4. The van der Waals surface area contributed by atoms with E-state index in [1.165, 1.54) is 52.0 Å². The molecule has 0 aliphatic carbocycles. The van der Waals surface area contributed by atoms with E-state index in [2.05, 4.69) is 9.80 Å². The lowest BCUT2D eigenvalue weighted by molar-refractivity contribution is 0.0468. The van der Waals surface area contributed by atoms with E-state index in [9.17, 15) is 5.11 Å². The van der Waals surface area contributed by atoms with Gasteiger partial charge in [-0.1, -0.05) is 6.42 Å². The van der Waals surface area contributed by atoms with Crippen molar-refractivity contribution in [3.05, 3.63) is 0 Å². The van der Waals surface area contributed by atoms with Crippen LogP contribution in [0.5, 0.6) is 0 Å². The molecule has 16 heavy (non-hydrogen) atoms. The number of hydrogen-bond donors (Lipinski definition) is 1. The van der Waals surface area contributed by atoms with E-state index in [1.54, 1.807) is 0 Å². The smallest absolute Gasteiger partial charge is 0.0512 e. The predicted molar refractivity (Wildman–Crippen MR) is 66.6 cm³/mol. The van der Waals surface area contributed by atoms with Crippen molar-refractivity contribution < 1.29 is 5.11 Å². The average molecular weight is 226 g/mol. The third-order valence-corrected chi connectivity index (χ3v) is 4.02. The van der Waals surface area contributed by atoms with E-state index >= 15 is 0 Å². The molecule has 2 fully saturated rings. The second-order valence-corrected chi connectivity index (χ2v) is 5.48. The molecule has 0 aromatic carbocycles. The molecular formula is C13H26N2O.